The van der Waals surface area contributed by atoms with Gasteiger partial charge in [0.15, 0.2) is 5.88 Å². The van der Waals surface area contributed by atoms with E-state index in [4.69, 9.17) is 4.42 Å². The summed E-state index contributed by atoms with van der Waals surface area (Å²) in [5.74, 6) is 0.988. The van der Waals surface area contributed by atoms with Crippen LogP contribution in [0.1, 0.15) is 13.8 Å². The highest BCUT2D eigenvalue weighted by atomic mass is 16.3. The second kappa shape index (κ2) is 3.65. The molecule has 2 heterocycles. The maximum atomic E-state index is 5.42. The van der Waals surface area contributed by atoms with Crippen LogP contribution in [-0.4, -0.2) is 26.2 Å². The second-order valence-corrected chi connectivity index (χ2v) is 4.71. The van der Waals surface area contributed by atoms with Gasteiger partial charge in [-0.3, -0.25) is 0 Å². The average Bonchev–Trinajstić information content (AvgIpc) is 2.57. The zero-order chi connectivity index (χ0) is 10.0. The van der Waals surface area contributed by atoms with E-state index in [1.807, 2.05) is 12.1 Å². The Hall–Kier alpha value is -0.960. The van der Waals surface area contributed by atoms with E-state index in [1.54, 1.807) is 6.26 Å². The molecule has 1 aromatic rings. The highest BCUT2D eigenvalue weighted by Gasteiger charge is 2.25. The van der Waals surface area contributed by atoms with Gasteiger partial charge in [0, 0.05) is 32.2 Å². The lowest BCUT2D eigenvalue weighted by Crippen LogP contribution is -2.34. The zero-order valence-corrected chi connectivity index (χ0v) is 8.92. The fraction of sp³-hybridized carbons (Fsp3) is 0.636. The molecule has 0 atom stereocenters. The highest BCUT2D eigenvalue weighted by molar-refractivity contribution is 5.35. The van der Waals surface area contributed by atoms with E-state index in [-0.39, 0.29) is 0 Å². The van der Waals surface area contributed by atoms with E-state index < -0.39 is 0 Å². The van der Waals surface area contributed by atoms with Gasteiger partial charge < -0.3 is 14.6 Å². The summed E-state index contributed by atoms with van der Waals surface area (Å²) in [6, 6.07) is 3.97. The molecule has 1 aromatic heterocycles. The molecule has 1 aliphatic heterocycles. The fourth-order valence-corrected chi connectivity index (χ4v) is 1.93. The summed E-state index contributed by atoms with van der Waals surface area (Å²) in [5.41, 5.74) is 0.309. The molecule has 3 heteroatoms. The Kier molecular flexibility index (Phi) is 2.50. The Morgan fingerprint density at radius 3 is 3.07 bits per heavy atom. The Labute approximate surface area is 85.1 Å². The topological polar surface area (TPSA) is 28.4 Å². The van der Waals surface area contributed by atoms with E-state index in [9.17, 15) is 0 Å². The summed E-state index contributed by atoms with van der Waals surface area (Å²) in [6.45, 7) is 8.74. The van der Waals surface area contributed by atoms with Gasteiger partial charge in [-0.15, -0.1) is 0 Å². The van der Waals surface area contributed by atoms with Crippen LogP contribution in [0.4, 0.5) is 5.88 Å². The summed E-state index contributed by atoms with van der Waals surface area (Å²) in [6.07, 6.45) is 1.74. The summed E-state index contributed by atoms with van der Waals surface area (Å²) in [7, 11) is 0. The number of hydrogen-bond donors (Lipinski definition) is 1. The van der Waals surface area contributed by atoms with Crippen LogP contribution in [0.25, 0.3) is 0 Å². The lowest BCUT2D eigenvalue weighted by atomic mass is 9.93. The van der Waals surface area contributed by atoms with Gasteiger partial charge in [0.2, 0.25) is 0 Å². The standard InChI is InChI=1S/C11H18N2O/c1-11(2)8-12-5-6-13(9-11)10-4-3-7-14-10/h3-4,7,12H,5-6,8-9H2,1-2H3. The van der Waals surface area contributed by atoms with E-state index in [0.717, 1.165) is 32.1 Å². The van der Waals surface area contributed by atoms with Crippen LogP contribution in [0.3, 0.4) is 0 Å². The quantitative estimate of drug-likeness (QED) is 0.738. The predicted octanol–water partition coefficient (Wildman–Crippen LogP) is 1.72. The molecule has 0 spiro atoms. The maximum absolute atomic E-state index is 5.42. The largest absolute Gasteiger partial charge is 0.449 e. The number of hydrogen-bond acceptors (Lipinski definition) is 3. The molecule has 14 heavy (non-hydrogen) atoms. The first kappa shape index (κ1) is 9.59. The summed E-state index contributed by atoms with van der Waals surface area (Å²) in [4.78, 5) is 2.31. The van der Waals surface area contributed by atoms with Crippen LogP contribution in [0, 0.1) is 5.41 Å². The smallest absolute Gasteiger partial charge is 0.195 e. The fourth-order valence-electron chi connectivity index (χ4n) is 1.93. The number of nitrogens with one attached hydrogen (secondary N) is 1. The van der Waals surface area contributed by atoms with Gasteiger partial charge in [-0.2, -0.15) is 0 Å². The second-order valence-electron chi connectivity index (χ2n) is 4.71. The molecule has 1 aliphatic rings. The zero-order valence-electron chi connectivity index (χ0n) is 8.92. The minimum Gasteiger partial charge on any atom is -0.449 e. The number of furan rings is 1. The van der Waals surface area contributed by atoms with Crippen molar-refractivity contribution in [1.82, 2.24) is 5.32 Å². The Morgan fingerprint density at radius 2 is 2.36 bits per heavy atom. The molecule has 0 radical (unpaired) electrons. The molecular weight excluding hydrogens is 176 g/mol. The molecule has 1 N–H and O–H groups in total. The van der Waals surface area contributed by atoms with Gasteiger partial charge in [-0.25, -0.2) is 0 Å². The summed E-state index contributed by atoms with van der Waals surface area (Å²) in [5, 5.41) is 3.45. The molecule has 0 aliphatic carbocycles. The SMILES string of the molecule is CC1(C)CNCCN(c2ccco2)C1. The van der Waals surface area contributed by atoms with E-state index in [1.165, 1.54) is 0 Å². The summed E-state index contributed by atoms with van der Waals surface area (Å²) < 4.78 is 5.42. The average molecular weight is 194 g/mol. The van der Waals surface area contributed by atoms with Crippen molar-refractivity contribution in [3.63, 3.8) is 0 Å². The minimum atomic E-state index is 0.309. The number of rotatable bonds is 1. The maximum Gasteiger partial charge on any atom is 0.195 e. The normalized spacial score (nSPS) is 22.0. The van der Waals surface area contributed by atoms with Crippen molar-refractivity contribution in [2.24, 2.45) is 5.41 Å². The summed E-state index contributed by atoms with van der Waals surface area (Å²) >= 11 is 0. The van der Waals surface area contributed by atoms with E-state index in [2.05, 4.69) is 24.1 Å². The van der Waals surface area contributed by atoms with Gasteiger partial charge in [-0.1, -0.05) is 13.8 Å². The van der Waals surface area contributed by atoms with Crippen LogP contribution < -0.4 is 10.2 Å². The van der Waals surface area contributed by atoms with Crippen LogP contribution in [-0.2, 0) is 0 Å². The third-order valence-electron chi connectivity index (χ3n) is 2.60. The molecular formula is C11H18N2O. The van der Waals surface area contributed by atoms with Crippen molar-refractivity contribution in [3.05, 3.63) is 18.4 Å². The third kappa shape index (κ3) is 2.10. The van der Waals surface area contributed by atoms with Crippen LogP contribution in [0.2, 0.25) is 0 Å². The highest BCUT2D eigenvalue weighted by Crippen LogP contribution is 2.23. The van der Waals surface area contributed by atoms with Crippen molar-refractivity contribution in [2.45, 2.75) is 13.8 Å². The van der Waals surface area contributed by atoms with Crippen LogP contribution in [0.5, 0.6) is 0 Å². The molecule has 3 nitrogen and oxygen atoms in total. The molecule has 0 bridgehead atoms. The lowest BCUT2D eigenvalue weighted by Gasteiger charge is -2.28. The number of anilines is 1. The molecule has 0 amide bonds. The van der Waals surface area contributed by atoms with Crippen molar-refractivity contribution >= 4 is 5.88 Å². The Morgan fingerprint density at radius 1 is 1.50 bits per heavy atom. The van der Waals surface area contributed by atoms with Crippen LogP contribution in [0.15, 0.2) is 22.8 Å². The number of nitrogens with zero attached hydrogens (tertiary/aromatic N) is 1. The van der Waals surface area contributed by atoms with Crippen molar-refractivity contribution in [3.8, 4) is 0 Å². The molecule has 0 unspecified atom stereocenters. The molecule has 1 fully saturated rings. The minimum absolute atomic E-state index is 0.309. The first-order valence-corrected chi connectivity index (χ1v) is 5.17. The first-order chi connectivity index (χ1) is 6.67. The molecule has 0 saturated carbocycles. The van der Waals surface area contributed by atoms with Gasteiger partial charge in [-0.05, 0) is 11.5 Å². The monoisotopic (exact) mass is 194 g/mol. The Balaban J connectivity index is 2.11. The molecule has 2 rings (SSSR count). The van der Waals surface area contributed by atoms with Crippen molar-refractivity contribution in [1.29, 1.82) is 0 Å². The predicted molar refractivity (Wildman–Crippen MR) is 57.6 cm³/mol. The van der Waals surface area contributed by atoms with Gasteiger partial charge >= 0.3 is 0 Å². The molecule has 78 valence electrons. The lowest BCUT2D eigenvalue weighted by molar-refractivity contribution is 0.364. The van der Waals surface area contributed by atoms with E-state index >= 15 is 0 Å². The van der Waals surface area contributed by atoms with Crippen molar-refractivity contribution in [2.75, 3.05) is 31.1 Å². The molecule has 0 aromatic carbocycles. The Bertz CT molecular complexity index is 279. The van der Waals surface area contributed by atoms with Gasteiger partial charge in [0.25, 0.3) is 0 Å². The van der Waals surface area contributed by atoms with Crippen molar-refractivity contribution < 1.29 is 4.42 Å². The van der Waals surface area contributed by atoms with Crippen LogP contribution >= 0.6 is 0 Å². The van der Waals surface area contributed by atoms with E-state index in [0.29, 0.717) is 5.41 Å². The third-order valence-corrected chi connectivity index (χ3v) is 2.60. The van der Waals surface area contributed by atoms with Gasteiger partial charge in [0.1, 0.15) is 0 Å². The first-order valence-electron chi connectivity index (χ1n) is 5.17. The molecule has 1 saturated heterocycles. The van der Waals surface area contributed by atoms with Gasteiger partial charge in [0.05, 0.1) is 6.26 Å².